The Labute approximate surface area is 174 Å². The summed E-state index contributed by atoms with van der Waals surface area (Å²) in [6.07, 6.45) is 6.15. The number of hydrogen-bond donors (Lipinski definition) is 2. The summed E-state index contributed by atoms with van der Waals surface area (Å²) in [5, 5.41) is 8.03. The van der Waals surface area contributed by atoms with Crippen LogP contribution in [-0.4, -0.2) is 63.3 Å². The number of hydrogen-bond acceptors (Lipinski definition) is 3. The molecule has 1 aromatic carbocycles. The van der Waals surface area contributed by atoms with Crippen LogP contribution in [-0.2, 0) is 10.2 Å². The van der Waals surface area contributed by atoms with Crippen molar-refractivity contribution in [1.82, 2.24) is 15.5 Å². The third-order valence-corrected chi connectivity index (χ3v) is 6.36. The van der Waals surface area contributed by atoms with Gasteiger partial charge in [-0.1, -0.05) is 35.9 Å². The highest BCUT2D eigenvalue weighted by Gasteiger charge is 2.36. The lowest BCUT2D eigenvalue weighted by atomic mass is 9.74. The molecule has 0 atom stereocenters. The Morgan fingerprint density at radius 2 is 2.04 bits per heavy atom. The zero-order chi connectivity index (χ0) is 19.8. The first-order valence-electron chi connectivity index (χ1n) is 10.3. The predicted molar refractivity (Wildman–Crippen MR) is 117 cm³/mol. The van der Waals surface area contributed by atoms with Gasteiger partial charge in [0.15, 0.2) is 5.96 Å². The van der Waals surface area contributed by atoms with Crippen molar-refractivity contribution >= 4 is 17.6 Å². The van der Waals surface area contributed by atoms with E-state index in [1.54, 1.807) is 0 Å². The van der Waals surface area contributed by atoms with Crippen LogP contribution in [0.4, 0.5) is 0 Å². The fourth-order valence-corrected chi connectivity index (χ4v) is 4.61. The second kappa shape index (κ2) is 10.3. The van der Waals surface area contributed by atoms with Crippen LogP contribution in [0.1, 0.15) is 31.2 Å². The number of likely N-dealkylation sites (tertiary alicyclic amines) is 1. The zero-order valence-electron chi connectivity index (χ0n) is 16.9. The highest BCUT2D eigenvalue weighted by atomic mass is 35.5. The van der Waals surface area contributed by atoms with E-state index in [9.17, 15) is 0 Å². The van der Waals surface area contributed by atoms with E-state index in [1.165, 1.54) is 5.56 Å². The number of nitrogens with zero attached hydrogens (tertiary/aromatic N) is 2. The van der Waals surface area contributed by atoms with Gasteiger partial charge in [-0.3, -0.25) is 9.89 Å². The van der Waals surface area contributed by atoms with E-state index in [-0.39, 0.29) is 5.41 Å². The van der Waals surface area contributed by atoms with E-state index in [2.05, 4.69) is 39.2 Å². The number of halogens is 1. The highest BCUT2D eigenvalue weighted by Crippen LogP contribution is 2.38. The van der Waals surface area contributed by atoms with E-state index in [0.717, 1.165) is 76.1 Å². The van der Waals surface area contributed by atoms with Gasteiger partial charge in [0.1, 0.15) is 0 Å². The van der Waals surface area contributed by atoms with Gasteiger partial charge in [0.25, 0.3) is 0 Å². The Kier molecular flexibility index (Phi) is 7.77. The first-order chi connectivity index (χ1) is 13.7. The fraction of sp³-hybridized carbons (Fsp3) is 0.591. The zero-order valence-corrected chi connectivity index (χ0v) is 17.7. The van der Waals surface area contributed by atoms with Crippen molar-refractivity contribution in [2.75, 3.05) is 46.4 Å². The average Bonchev–Trinajstić information content (AvgIpc) is 2.73. The molecule has 3 rings (SSSR count). The molecule has 0 radical (unpaired) electrons. The SMILES string of the molecule is C=CCN1CCC(NC(=NC)NCC2(c3ccccc3Cl)CCOCC2)CC1. The van der Waals surface area contributed by atoms with E-state index in [0.29, 0.717) is 6.04 Å². The number of piperidine rings is 1. The first kappa shape index (κ1) is 21.2. The number of benzene rings is 1. The molecular formula is C22H33ClN4O. The molecule has 1 aromatic rings. The molecule has 2 fully saturated rings. The lowest BCUT2D eigenvalue weighted by molar-refractivity contribution is 0.0514. The summed E-state index contributed by atoms with van der Waals surface area (Å²) in [5.41, 5.74) is 1.18. The van der Waals surface area contributed by atoms with Gasteiger partial charge in [0.05, 0.1) is 0 Å². The Balaban J connectivity index is 1.61. The maximum atomic E-state index is 6.57. The van der Waals surface area contributed by atoms with Crippen molar-refractivity contribution in [3.05, 3.63) is 47.5 Å². The van der Waals surface area contributed by atoms with Crippen LogP contribution in [0.5, 0.6) is 0 Å². The summed E-state index contributed by atoms with van der Waals surface area (Å²) < 4.78 is 5.64. The molecular weight excluding hydrogens is 372 g/mol. The molecule has 28 heavy (non-hydrogen) atoms. The van der Waals surface area contributed by atoms with Gasteiger partial charge >= 0.3 is 0 Å². The van der Waals surface area contributed by atoms with Crippen LogP contribution in [0.3, 0.4) is 0 Å². The van der Waals surface area contributed by atoms with Crippen LogP contribution in [0.15, 0.2) is 41.9 Å². The molecule has 2 N–H and O–H groups in total. The van der Waals surface area contributed by atoms with Crippen LogP contribution in [0.2, 0.25) is 5.02 Å². The lowest BCUT2D eigenvalue weighted by Gasteiger charge is -2.39. The quantitative estimate of drug-likeness (QED) is 0.434. The second-order valence-corrected chi connectivity index (χ2v) is 8.21. The van der Waals surface area contributed by atoms with Crippen LogP contribution >= 0.6 is 11.6 Å². The summed E-state index contributed by atoms with van der Waals surface area (Å²) >= 11 is 6.57. The Bertz CT molecular complexity index is 664. The van der Waals surface area contributed by atoms with Gasteiger partial charge in [0, 0.05) is 62.9 Å². The van der Waals surface area contributed by atoms with Crippen molar-refractivity contribution in [2.24, 2.45) is 4.99 Å². The van der Waals surface area contributed by atoms with Crippen molar-refractivity contribution in [3.8, 4) is 0 Å². The molecule has 2 heterocycles. The third-order valence-electron chi connectivity index (χ3n) is 6.03. The summed E-state index contributed by atoms with van der Waals surface area (Å²) in [4.78, 5) is 6.91. The fourth-order valence-electron chi connectivity index (χ4n) is 4.28. The van der Waals surface area contributed by atoms with Crippen molar-refractivity contribution in [3.63, 3.8) is 0 Å². The van der Waals surface area contributed by atoms with E-state index < -0.39 is 0 Å². The highest BCUT2D eigenvalue weighted by molar-refractivity contribution is 6.31. The van der Waals surface area contributed by atoms with Crippen molar-refractivity contribution in [2.45, 2.75) is 37.1 Å². The summed E-state index contributed by atoms with van der Waals surface area (Å²) in [7, 11) is 1.84. The molecule has 2 saturated heterocycles. The Morgan fingerprint density at radius 3 is 2.68 bits per heavy atom. The Morgan fingerprint density at radius 1 is 1.32 bits per heavy atom. The number of nitrogens with one attached hydrogen (secondary N) is 2. The summed E-state index contributed by atoms with van der Waals surface area (Å²) in [6.45, 7) is 9.34. The lowest BCUT2D eigenvalue weighted by Crippen LogP contribution is -2.52. The molecule has 0 aromatic heterocycles. The minimum Gasteiger partial charge on any atom is -0.381 e. The molecule has 0 spiro atoms. The van der Waals surface area contributed by atoms with E-state index in [1.807, 2.05) is 25.3 Å². The second-order valence-electron chi connectivity index (χ2n) is 7.81. The number of guanidine groups is 1. The smallest absolute Gasteiger partial charge is 0.191 e. The third kappa shape index (κ3) is 5.28. The summed E-state index contributed by atoms with van der Waals surface area (Å²) in [6, 6.07) is 8.66. The largest absolute Gasteiger partial charge is 0.381 e. The standard InChI is InChI=1S/C22H33ClN4O/c1-3-12-27-13-8-18(9-14-27)26-21(24-2)25-17-22(10-15-28-16-11-22)19-6-4-5-7-20(19)23/h3-7,18H,1,8-17H2,2H3,(H2,24,25,26). The maximum Gasteiger partial charge on any atom is 0.191 e. The van der Waals surface area contributed by atoms with Gasteiger partial charge < -0.3 is 15.4 Å². The van der Waals surface area contributed by atoms with Crippen LogP contribution < -0.4 is 10.6 Å². The molecule has 2 aliphatic heterocycles. The normalized spacial score (nSPS) is 21.3. The number of aliphatic imine (C=N–C) groups is 1. The number of ether oxygens (including phenoxy) is 1. The first-order valence-corrected chi connectivity index (χ1v) is 10.7. The van der Waals surface area contributed by atoms with Gasteiger partial charge in [0.2, 0.25) is 0 Å². The molecule has 0 bridgehead atoms. The van der Waals surface area contributed by atoms with Crippen molar-refractivity contribution < 1.29 is 4.74 Å². The van der Waals surface area contributed by atoms with Crippen LogP contribution in [0, 0.1) is 0 Å². The van der Waals surface area contributed by atoms with Gasteiger partial charge in [-0.15, -0.1) is 6.58 Å². The molecule has 0 saturated carbocycles. The van der Waals surface area contributed by atoms with E-state index >= 15 is 0 Å². The molecule has 154 valence electrons. The average molecular weight is 405 g/mol. The summed E-state index contributed by atoms with van der Waals surface area (Å²) in [5.74, 6) is 0.875. The van der Waals surface area contributed by atoms with Gasteiger partial charge in [-0.05, 0) is 37.3 Å². The number of rotatable bonds is 6. The maximum absolute atomic E-state index is 6.57. The molecule has 6 heteroatoms. The predicted octanol–water partition coefficient (Wildman–Crippen LogP) is 3.20. The van der Waals surface area contributed by atoms with Gasteiger partial charge in [-0.2, -0.15) is 0 Å². The van der Waals surface area contributed by atoms with Gasteiger partial charge in [-0.25, -0.2) is 0 Å². The minimum absolute atomic E-state index is 0.0263. The van der Waals surface area contributed by atoms with Crippen molar-refractivity contribution in [1.29, 1.82) is 0 Å². The molecule has 5 nitrogen and oxygen atoms in total. The molecule has 2 aliphatic rings. The monoisotopic (exact) mass is 404 g/mol. The minimum atomic E-state index is -0.0263. The van der Waals surface area contributed by atoms with Crippen LogP contribution in [0.25, 0.3) is 0 Å². The topological polar surface area (TPSA) is 48.9 Å². The molecule has 0 aliphatic carbocycles. The molecule has 0 unspecified atom stereocenters. The van der Waals surface area contributed by atoms with E-state index in [4.69, 9.17) is 16.3 Å². The molecule has 0 amide bonds. The Hall–Kier alpha value is -1.56.